The van der Waals surface area contributed by atoms with Crippen molar-refractivity contribution in [1.82, 2.24) is 20.8 Å². The summed E-state index contributed by atoms with van der Waals surface area (Å²) in [5, 5.41) is 9.84. The lowest BCUT2D eigenvalue weighted by atomic mass is 10.1. The second-order valence-electron chi connectivity index (χ2n) is 4.55. The van der Waals surface area contributed by atoms with E-state index in [9.17, 15) is 4.79 Å². The van der Waals surface area contributed by atoms with E-state index in [-0.39, 0.29) is 18.1 Å². The molecular formula is C11H16N4O3. The maximum Gasteiger partial charge on any atom is 0.237 e. The third kappa shape index (κ3) is 2.37. The van der Waals surface area contributed by atoms with Gasteiger partial charge in [-0.05, 0) is 12.8 Å². The van der Waals surface area contributed by atoms with Crippen LogP contribution in [-0.2, 0) is 16.0 Å². The molecule has 2 aliphatic rings. The second kappa shape index (κ2) is 5.03. The number of carbonyl (C=O) groups is 1. The van der Waals surface area contributed by atoms with Crippen LogP contribution < -0.4 is 10.6 Å². The molecule has 0 bridgehead atoms. The Hall–Kier alpha value is -1.47. The monoisotopic (exact) mass is 252 g/mol. The predicted octanol–water partition coefficient (Wildman–Crippen LogP) is -0.448. The normalized spacial score (nSPS) is 28.3. The molecule has 7 nitrogen and oxygen atoms in total. The summed E-state index contributed by atoms with van der Waals surface area (Å²) in [6.45, 7) is 2.19. The summed E-state index contributed by atoms with van der Waals surface area (Å²) in [4.78, 5) is 15.9. The smallest absolute Gasteiger partial charge is 0.237 e. The van der Waals surface area contributed by atoms with Crippen LogP contribution in [0.3, 0.4) is 0 Å². The Morgan fingerprint density at radius 3 is 3.11 bits per heavy atom. The molecule has 2 aliphatic heterocycles. The van der Waals surface area contributed by atoms with Gasteiger partial charge in [0, 0.05) is 19.7 Å². The molecule has 0 aliphatic carbocycles. The molecule has 2 saturated heterocycles. The van der Waals surface area contributed by atoms with Crippen molar-refractivity contribution in [2.75, 3.05) is 19.7 Å². The molecule has 0 radical (unpaired) electrons. The highest BCUT2D eigenvalue weighted by Crippen LogP contribution is 2.26. The number of amides is 1. The number of rotatable bonds is 3. The summed E-state index contributed by atoms with van der Waals surface area (Å²) >= 11 is 0. The minimum atomic E-state index is -0.281. The molecule has 1 aromatic rings. The summed E-state index contributed by atoms with van der Waals surface area (Å²) in [7, 11) is 0. The molecule has 1 amide bonds. The molecule has 18 heavy (non-hydrogen) atoms. The van der Waals surface area contributed by atoms with Gasteiger partial charge in [0.1, 0.15) is 6.10 Å². The highest BCUT2D eigenvalue weighted by Gasteiger charge is 2.27. The molecule has 98 valence electrons. The van der Waals surface area contributed by atoms with Gasteiger partial charge in [-0.1, -0.05) is 5.16 Å². The van der Waals surface area contributed by atoms with Crippen LogP contribution >= 0.6 is 0 Å². The van der Waals surface area contributed by atoms with Crippen LogP contribution in [0.4, 0.5) is 0 Å². The zero-order valence-electron chi connectivity index (χ0n) is 10.0. The average molecular weight is 252 g/mol. The summed E-state index contributed by atoms with van der Waals surface area (Å²) in [5.74, 6) is 1.06. The first-order valence-electron chi connectivity index (χ1n) is 6.28. The molecule has 0 saturated carbocycles. The Labute approximate surface area is 104 Å². The quantitative estimate of drug-likeness (QED) is 0.757. The summed E-state index contributed by atoms with van der Waals surface area (Å²) in [5.41, 5.74) is 0. The van der Waals surface area contributed by atoms with Crippen LogP contribution in [-0.4, -0.2) is 41.8 Å². The number of nitrogens with zero attached hydrogens (tertiary/aromatic N) is 2. The highest BCUT2D eigenvalue weighted by molar-refractivity contribution is 5.82. The SMILES string of the molecule is O=C1NCCNC1Cc1nc(C2CCCO2)no1. The molecule has 0 aromatic carbocycles. The van der Waals surface area contributed by atoms with Gasteiger partial charge >= 0.3 is 0 Å². The minimum Gasteiger partial charge on any atom is -0.370 e. The fourth-order valence-corrected chi connectivity index (χ4v) is 2.25. The van der Waals surface area contributed by atoms with Gasteiger partial charge in [0.15, 0.2) is 0 Å². The van der Waals surface area contributed by atoms with Crippen LogP contribution in [0.1, 0.15) is 30.7 Å². The van der Waals surface area contributed by atoms with E-state index in [1.807, 2.05) is 0 Å². The van der Waals surface area contributed by atoms with Crippen molar-refractivity contribution in [3.05, 3.63) is 11.7 Å². The van der Waals surface area contributed by atoms with Crippen LogP contribution in [0.25, 0.3) is 0 Å². The number of piperazine rings is 1. The van der Waals surface area contributed by atoms with Crippen molar-refractivity contribution in [3.8, 4) is 0 Å². The van der Waals surface area contributed by atoms with Gasteiger partial charge in [-0.15, -0.1) is 0 Å². The van der Waals surface area contributed by atoms with Crippen molar-refractivity contribution in [2.45, 2.75) is 31.4 Å². The van der Waals surface area contributed by atoms with E-state index >= 15 is 0 Å². The summed E-state index contributed by atoms with van der Waals surface area (Å²) < 4.78 is 10.7. The topological polar surface area (TPSA) is 89.3 Å². The number of hydrogen-bond donors (Lipinski definition) is 2. The minimum absolute atomic E-state index is 0.0156. The van der Waals surface area contributed by atoms with Gasteiger partial charge in [0.25, 0.3) is 0 Å². The average Bonchev–Trinajstić information content (AvgIpc) is 3.02. The second-order valence-corrected chi connectivity index (χ2v) is 4.55. The number of hydrogen-bond acceptors (Lipinski definition) is 6. The molecule has 3 heterocycles. The lowest BCUT2D eigenvalue weighted by Crippen LogP contribution is -2.53. The van der Waals surface area contributed by atoms with E-state index in [4.69, 9.17) is 9.26 Å². The Kier molecular flexibility index (Phi) is 3.24. The van der Waals surface area contributed by atoms with Crippen molar-refractivity contribution >= 4 is 5.91 Å². The largest absolute Gasteiger partial charge is 0.370 e. The summed E-state index contributed by atoms with van der Waals surface area (Å²) in [6.07, 6.45) is 2.34. The van der Waals surface area contributed by atoms with Gasteiger partial charge in [-0.2, -0.15) is 4.98 Å². The van der Waals surface area contributed by atoms with Crippen LogP contribution in [0.2, 0.25) is 0 Å². The van der Waals surface area contributed by atoms with Crippen LogP contribution in [0.15, 0.2) is 4.52 Å². The first kappa shape index (κ1) is 11.6. The Morgan fingerprint density at radius 2 is 2.33 bits per heavy atom. The number of carbonyl (C=O) groups excluding carboxylic acids is 1. The van der Waals surface area contributed by atoms with Crippen LogP contribution in [0, 0.1) is 0 Å². The molecule has 2 atom stereocenters. The fourth-order valence-electron chi connectivity index (χ4n) is 2.25. The number of aromatic nitrogens is 2. The van der Waals surface area contributed by atoms with Gasteiger partial charge in [0.05, 0.1) is 12.5 Å². The zero-order chi connectivity index (χ0) is 12.4. The third-order valence-electron chi connectivity index (χ3n) is 3.21. The van der Waals surface area contributed by atoms with Gasteiger partial charge in [-0.25, -0.2) is 0 Å². The van der Waals surface area contributed by atoms with Crippen molar-refractivity contribution in [2.24, 2.45) is 0 Å². The van der Waals surface area contributed by atoms with E-state index in [1.54, 1.807) is 0 Å². The standard InChI is InChI=1S/C11H16N4O3/c16-11-7(12-3-4-13-11)6-9-14-10(15-18-9)8-2-1-5-17-8/h7-8,12H,1-6H2,(H,13,16). The predicted molar refractivity (Wildman–Crippen MR) is 60.7 cm³/mol. The van der Waals surface area contributed by atoms with Crippen molar-refractivity contribution in [3.63, 3.8) is 0 Å². The van der Waals surface area contributed by atoms with Crippen molar-refractivity contribution in [1.29, 1.82) is 0 Å². The first-order chi connectivity index (χ1) is 8.83. The van der Waals surface area contributed by atoms with E-state index in [0.717, 1.165) is 26.0 Å². The summed E-state index contributed by atoms with van der Waals surface area (Å²) in [6, 6.07) is -0.281. The Bertz CT molecular complexity index is 428. The maximum absolute atomic E-state index is 11.6. The molecule has 2 N–H and O–H groups in total. The molecule has 0 spiro atoms. The lowest BCUT2D eigenvalue weighted by Gasteiger charge is -2.21. The fraction of sp³-hybridized carbons (Fsp3) is 0.727. The van der Waals surface area contributed by atoms with Gasteiger partial charge < -0.3 is 19.9 Å². The van der Waals surface area contributed by atoms with E-state index in [2.05, 4.69) is 20.8 Å². The molecule has 3 rings (SSSR count). The number of nitrogens with one attached hydrogen (secondary N) is 2. The zero-order valence-corrected chi connectivity index (χ0v) is 10.0. The molecular weight excluding hydrogens is 236 g/mol. The van der Waals surface area contributed by atoms with Gasteiger partial charge in [-0.3, -0.25) is 4.79 Å². The Morgan fingerprint density at radius 1 is 1.39 bits per heavy atom. The molecule has 7 heteroatoms. The first-order valence-corrected chi connectivity index (χ1v) is 6.28. The van der Waals surface area contributed by atoms with Crippen LogP contribution in [0.5, 0.6) is 0 Å². The molecule has 2 fully saturated rings. The highest BCUT2D eigenvalue weighted by atomic mass is 16.5. The molecule has 2 unspecified atom stereocenters. The molecule has 1 aromatic heterocycles. The van der Waals surface area contributed by atoms with Crippen molar-refractivity contribution < 1.29 is 14.1 Å². The van der Waals surface area contributed by atoms with Gasteiger partial charge in [0.2, 0.25) is 17.6 Å². The lowest BCUT2D eigenvalue weighted by molar-refractivity contribution is -0.124. The van der Waals surface area contributed by atoms with E-state index in [0.29, 0.717) is 24.7 Å². The third-order valence-corrected chi connectivity index (χ3v) is 3.21. The van der Waals surface area contributed by atoms with E-state index in [1.165, 1.54) is 0 Å². The van der Waals surface area contributed by atoms with E-state index < -0.39 is 0 Å². The Balaban J connectivity index is 1.64. The maximum atomic E-state index is 11.6. The number of ether oxygens (including phenoxy) is 1.